The Balaban J connectivity index is 1.54. The third-order valence-electron chi connectivity index (χ3n) is 3.81. The van der Waals surface area contributed by atoms with E-state index in [1.165, 1.54) is 17.7 Å². The highest BCUT2D eigenvalue weighted by Crippen LogP contribution is 2.29. The zero-order valence-corrected chi connectivity index (χ0v) is 14.1. The van der Waals surface area contributed by atoms with Crippen molar-refractivity contribution in [2.45, 2.75) is 19.0 Å². The van der Waals surface area contributed by atoms with Gasteiger partial charge in [-0.15, -0.1) is 15.0 Å². The van der Waals surface area contributed by atoms with E-state index in [0.29, 0.717) is 6.54 Å². The summed E-state index contributed by atoms with van der Waals surface area (Å²) in [5, 5.41) is 14.0. The SMILES string of the molecule is O=C(NCCCc1ccccc1)c1nnn(-c2ccc(C(F)(F)F)cc2)n1. The van der Waals surface area contributed by atoms with Gasteiger partial charge in [0.05, 0.1) is 11.3 Å². The normalized spacial score (nSPS) is 11.4. The van der Waals surface area contributed by atoms with E-state index in [4.69, 9.17) is 0 Å². The average molecular weight is 375 g/mol. The van der Waals surface area contributed by atoms with Crippen molar-refractivity contribution in [3.63, 3.8) is 0 Å². The summed E-state index contributed by atoms with van der Waals surface area (Å²) in [5.41, 5.74) is 0.680. The van der Waals surface area contributed by atoms with Crippen molar-refractivity contribution in [1.82, 2.24) is 25.5 Å². The molecule has 0 atom stereocenters. The predicted molar refractivity (Wildman–Crippen MR) is 91.3 cm³/mol. The van der Waals surface area contributed by atoms with E-state index < -0.39 is 17.6 Å². The number of benzene rings is 2. The number of hydrogen-bond donors (Lipinski definition) is 1. The Morgan fingerprint density at radius 2 is 1.74 bits per heavy atom. The number of aryl methyl sites for hydroxylation is 1. The first-order valence-corrected chi connectivity index (χ1v) is 8.23. The molecule has 0 aliphatic rings. The largest absolute Gasteiger partial charge is 0.416 e. The van der Waals surface area contributed by atoms with Gasteiger partial charge in [-0.05, 0) is 47.9 Å². The first kappa shape index (κ1) is 18.6. The molecule has 2 aromatic carbocycles. The molecule has 1 N–H and O–H groups in total. The Bertz CT molecular complexity index is 891. The van der Waals surface area contributed by atoms with Gasteiger partial charge in [-0.1, -0.05) is 30.3 Å². The Kier molecular flexibility index (Phi) is 5.49. The number of carbonyl (C=O) groups excluding carboxylic acids is 1. The molecule has 0 fully saturated rings. The minimum Gasteiger partial charge on any atom is -0.349 e. The average Bonchev–Trinajstić information content (AvgIpc) is 3.16. The van der Waals surface area contributed by atoms with Crippen LogP contribution in [0.3, 0.4) is 0 Å². The molecule has 1 aromatic heterocycles. The maximum absolute atomic E-state index is 12.6. The molecule has 0 bridgehead atoms. The van der Waals surface area contributed by atoms with Gasteiger partial charge in [0, 0.05) is 6.54 Å². The number of rotatable bonds is 6. The lowest BCUT2D eigenvalue weighted by molar-refractivity contribution is -0.137. The standard InChI is InChI=1S/C18H16F3N5O/c19-18(20,21)14-8-10-15(11-9-14)26-24-16(23-25-26)17(27)22-12-4-7-13-5-2-1-3-6-13/h1-3,5-6,8-11H,4,7,12H2,(H,22,27). The molecule has 0 saturated carbocycles. The number of nitrogens with zero attached hydrogens (tertiary/aromatic N) is 4. The van der Waals surface area contributed by atoms with Crippen LogP contribution in [0, 0.1) is 0 Å². The van der Waals surface area contributed by atoms with Crippen LogP contribution in [0.25, 0.3) is 5.69 Å². The molecule has 0 radical (unpaired) electrons. The molecule has 9 heteroatoms. The van der Waals surface area contributed by atoms with Gasteiger partial charge in [0.15, 0.2) is 0 Å². The molecule has 1 amide bonds. The van der Waals surface area contributed by atoms with Crippen molar-refractivity contribution in [3.05, 3.63) is 71.5 Å². The molecule has 0 spiro atoms. The summed E-state index contributed by atoms with van der Waals surface area (Å²) in [6.07, 6.45) is -2.84. The number of nitrogens with one attached hydrogen (secondary N) is 1. The van der Waals surface area contributed by atoms with Gasteiger partial charge < -0.3 is 5.32 Å². The van der Waals surface area contributed by atoms with Crippen LogP contribution in [0.4, 0.5) is 13.2 Å². The van der Waals surface area contributed by atoms with E-state index in [0.717, 1.165) is 29.8 Å². The molecule has 1 heterocycles. The lowest BCUT2D eigenvalue weighted by Crippen LogP contribution is -2.26. The second kappa shape index (κ2) is 7.98. The zero-order valence-electron chi connectivity index (χ0n) is 14.1. The molecule has 140 valence electrons. The second-order valence-corrected chi connectivity index (χ2v) is 5.79. The van der Waals surface area contributed by atoms with Gasteiger partial charge in [0.25, 0.3) is 11.7 Å². The Morgan fingerprint density at radius 3 is 2.41 bits per heavy atom. The lowest BCUT2D eigenvalue weighted by atomic mass is 10.1. The maximum atomic E-state index is 12.6. The molecular formula is C18H16F3N5O. The summed E-state index contributed by atoms with van der Waals surface area (Å²) in [6, 6.07) is 14.1. The van der Waals surface area contributed by atoms with Gasteiger partial charge in [0.1, 0.15) is 0 Å². The molecule has 0 saturated heterocycles. The summed E-state index contributed by atoms with van der Waals surface area (Å²) in [7, 11) is 0. The number of hydrogen-bond acceptors (Lipinski definition) is 4. The number of alkyl halides is 3. The summed E-state index contributed by atoms with van der Waals surface area (Å²) in [5.74, 6) is -0.629. The van der Waals surface area contributed by atoms with E-state index in [1.807, 2.05) is 30.3 Å². The van der Waals surface area contributed by atoms with Crippen LogP contribution in [0.15, 0.2) is 54.6 Å². The molecular weight excluding hydrogens is 359 g/mol. The Morgan fingerprint density at radius 1 is 1.04 bits per heavy atom. The minimum absolute atomic E-state index is 0.144. The number of tetrazole rings is 1. The Hall–Kier alpha value is -3.23. The topological polar surface area (TPSA) is 72.7 Å². The highest BCUT2D eigenvalue weighted by molar-refractivity contribution is 5.90. The number of aromatic nitrogens is 4. The molecule has 6 nitrogen and oxygen atoms in total. The lowest BCUT2D eigenvalue weighted by Gasteiger charge is -2.06. The molecule has 0 aliphatic heterocycles. The van der Waals surface area contributed by atoms with Crippen LogP contribution < -0.4 is 5.32 Å². The summed E-state index contributed by atoms with van der Waals surface area (Å²) >= 11 is 0. The van der Waals surface area contributed by atoms with Crippen molar-refractivity contribution in [2.75, 3.05) is 6.54 Å². The first-order chi connectivity index (χ1) is 12.9. The Labute approximate surface area is 153 Å². The second-order valence-electron chi connectivity index (χ2n) is 5.79. The predicted octanol–water partition coefficient (Wildman–Crippen LogP) is 3.04. The van der Waals surface area contributed by atoms with E-state index >= 15 is 0 Å². The third-order valence-corrected chi connectivity index (χ3v) is 3.81. The fourth-order valence-electron chi connectivity index (χ4n) is 2.42. The van der Waals surface area contributed by atoms with E-state index in [1.54, 1.807) is 0 Å². The molecule has 0 aliphatic carbocycles. The molecule has 3 rings (SSSR count). The van der Waals surface area contributed by atoms with E-state index in [-0.39, 0.29) is 11.5 Å². The minimum atomic E-state index is -4.42. The first-order valence-electron chi connectivity index (χ1n) is 8.23. The van der Waals surface area contributed by atoms with Crippen LogP contribution >= 0.6 is 0 Å². The summed E-state index contributed by atoms with van der Waals surface area (Å²) < 4.78 is 37.8. The van der Waals surface area contributed by atoms with Gasteiger partial charge >= 0.3 is 6.18 Å². The van der Waals surface area contributed by atoms with Gasteiger partial charge in [-0.25, -0.2) is 0 Å². The van der Waals surface area contributed by atoms with Crippen LogP contribution in [-0.2, 0) is 12.6 Å². The van der Waals surface area contributed by atoms with Crippen molar-refractivity contribution >= 4 is 5.91 Å². The molecule has 0 unspecified atom stereocenters. The van der Waals surface area contributed by atoms with Crippen LogP contribution in [0.5, 0.6) is 0 Å². The van der Waals surface area contributed by atoms with Gasteiger partial charge in [-0.2, -0.15) is 13.2 Å². The highest BCUT2D eigenvalue weighted by atomic mass is 19.4. The van der Waals surface area contributed by atoms with Gasteiger partial charge in [0.2, 0.25) is 0 Å². The number of carbonyl (C=O) groups is 1. The van der Waals surface area contributed by atoms with Crippen molar-refractivity contribution in [3.8, 4) is 5.69 Å². The van der Waals surface area contributed by atoms with Crippen molar-refractivity contribution < 1.29 is 18.0 Å². The maximum Gasteiger partial charge on any atom is 0.416 e. The highest BCUT2D eigenvalue weighted by Gasteiger charge is 2.30. The van der Waals surface area contributed by atoms with Crippen molar-refractivity contribution in [2.24, 2.45) is 0 Å². The number of halogens is 3. The van der Waals surface area contributed by atoms with Gasteiger partial charge in [-0.3, -0.25) is 4.79 Å². The van der Waals surface area contributed by atoms with E-state index in [2.05, 4.69) is 20.7 Å². The summed E-state index contributed by atoms with van der Waals surface area (Å²) in [4.78, 5) is 13.1. The van der Waals surface area contributed by atoms with Crippen LogP contribution in [0.2, 0.25) is 0 Å². The smallest absolute Gasteiger partial charge is 0.349 e. The van der Waals surface area contributed by atoms with Crippen LogP contribution in [-0.4, -0.2) is 32.7 Å². The fraction of sp³-hybridized carbons (Fsp3) is 0.222. The fourth-order valence-corrected chi connectivity index (χ4v) is 2.42. The summed E-state index contributed by atoms with van der Waals surface area (Å²) in [6.45, 7) is 0.447. The van der Waals surface area contributed by atoms with Crippen LogP contribution in [0.1, 0.15) is 28.2 Å². The molecule has 27 heavy (non-hydrogen) atoms. The molecule has 3 aromatic rings. The van der Waals surface area contributed by atoms with E-state index in [9.17, 15) is 18.0 Å². The monoisotopic (exact) mass is 375 g/mol. The zero-order chi connectivity index (χ0) is 19.3. The van der Waals surface area contributed by atoms with Crippen molar-refractivity contribution in [1.29, 1.82) is 0 Å². The number of amides is 1. The third kappa shape index (κ3) is 4.90. The quantitative estimate of drug-likeness (QED) is 0.672.